The highest BCUT2D eigenvalue weighted by Crippen LogP contribution is 2.35. The monoisotopic (exact) mass is 335 g/mol. The molecule has 0 radical (unpaired) electrons. The summed E-state index contributed by atoms with van der Waals surface area (Å²) in [4.78, 5) is 4.84. The third kappa shape index (κ3) is 4.19. The van der Waals surface area contributed by atoms with Gasteiger partial charge in [0.25, 0.3) is 0 Å². The van der Waals surface area contributed by atoms with E-state index in [2.05, 4.69) is 52.5 Å². The summed E-state index contributed by atoms with van der Waals surface area (Å²) in [6.07, 6.45) is 4.37. The van der Waals surface area contributed by atoms with Crippen molar-refractivity contribution in [2.75, 3.05) is 0 Å². The zero-order chi connectivity index (χ0) is 18.6. The van der Waals surface area contributed by atoms with Crippen molar-refractivity contribution in [3.05, 3.63) is 70.8 Å². The second kappa shape index (κ2) is 8.15. The van der Waals surface area contributed by atoms with Crippen molar-refractivity contribution in [3.8, 4) is 5.75 Å². The molecular weight excluding hydrogens is 306 g/mol. The van der Waals surface area contributed by atoms with Gasteiger partial charge in [0.05, 0.1) is 5.69 Å². The number of allylic oxidation sites excluding steroid dienone is 1. The SMILES string of the molecule is C=CCc1ccc(C)c(O)c1C=Nc1c(C(C)C)cccc1C(C)C. The number of hydrogen-bond acceptors (Lipinski definition) is 2. The zero-order valence-electron chi connectivity index (χ0n) is 16.0. The summed E-state index contributed by atoms with van der Waals surface area (Å²) >= 11 is 0. The van der Waals surface area contributed by atoms with Gasteiger partial charge in [0.15, 0.2) is 0 Å². The van der Waals surface area contributed by atoms with Gasteiger partial charge < -0.3 is 5.11 Å². The minimum Gasteiger partial charge on any atom is -0.507 e. The largest absolute Gasteiger partial charge is 0.507 e. The average molecular weight is 335 g/mol. The Morgan fingerprint density at radius 2 is 1.64 bits per heavy atom. The minimum atomic E-state index is 0.302. The number of benzene rings is 2. The molecular formula is C23H29NO. The summed E-state index contributed by atoms with van der Waals surface area (Å²) < 4.78 is 0. The molecule has 2 nitrogen and oxygen atoms in total. The van der Waals surface area contributed by atoms with Gasteiger partial charge in [-0.15, -0.1) is 6.58 Å². The van der Waals surface area contributed by atoms with Gasteiger partial charge in [-0.2, -0.15) is 0 Å². The molecule has 0 aliphatic carbocycles. The highest BCUT2D eigenvalue weighted by molar-refractivity contribution is 5.88. The fourth-order valence-electron chi connectivity index (χ4n) is 3.03. The highest BCUT2D eigenvalue weighted by atomic mass is 16.3. The lowest BCUT2D eigenvalue weighted by Crippen LogP contribution is -1.98. The van der Waals surface area contributed by atoms with Crippen molar-refractivity contribution in [2.24, 2.45) is 4.99 Å². The summed E-state index contributed by atoms with van der Waals surface area (Å²) in [5.74, 6) is 1.09. The summed E-state index contributed by atoms with van der Waals surface area (Å²) in [5.41, 5.74) is 6.18. The van der Waals surface area contributed by atoms with Crippen LogP contribution in [0.2, 0.25) is 0 Å². The first-order chi connectivity index (χ1) is 11.9. The van der Waals surface area contributed by atoms with Crippen LogP contribution in [0.1, 0.15) is 67.3 Å². The lowest BCUT2D eigenvalue weighted by molar-refractivity contribution is 0.469. The number of aliphatic imine (C=N–C) groups is 1. The van der Waals surface area contributed by atoms with Gasteiger partial charge in [-0.1, -0.05) is 64.1 Å². The third-order valence-corrected chi connectivity index (χ3v) is 4.54. The van der Waals surface area contributed by atoms with Crippen molar-refractivity contribution in [2.45, 2.75) is 52.9 Å². The molecule has 2 aromatic rings. The predicted octanol–water partition coefficient (Wildman–Crippen LogP) is 6.43. The van der Waals surface area contributed by atoms with Crippen molar-refractivity contribution >= 4 is 11.9 Å². The molecule has 0 amide bonds. The number of phenolic OH excluding ortho intramolecular Hbond substituents is 1. The Morgan fingerprint density at radius 3 is 2.16 bits per heavy atom. The maximum absolute atomic E-state index is 10.5. The van der Waals surface area contributed by atoms with Crippen LogP contribution in [0.5, 0.6) is 5.75 Å². The normalized spacial score (nSPS) is 11.6. The number of rotatable bonds is 6. The Labute approximate surface area is 152 Å². The summed E-state index contributed by atoms with van der Waals surface area (Å²) in [5, 5.41) is 10.5. The van der Waals surface area contributed by atoms with Crippen LogP contribution in [-0.4, -0.2) is 11.3 Å². The molecule has 0 heterocycles. The number of para-hydroxylation sites is 1. The summed E-state index contributed by atoms with van der Waals surface area (Å²) in [7, 11) is 0. The number of phenols is 1. The van der Waals surface area contributed by atoms with Crippen LogP contribution in [0.15, 0.2) is 48.0 Å². The average Bonchev–Trinajstić information content (AvgIpc) is 2.57. The van der Waals surface area contributed by atoms with E-state index in [9.17, 15) is 5.11 Å². The number of aryl methyl sites for hydroxylation is 1. The molecule has 0 aliphatic rings. The Bertz CT molecular complexity index is 759. The first kappa shape index (κ1) is 19.0. The molecule has 2 aromatic carbocycles. The Morgan fingerprint density at radius 1 is 1.04 bits per heavy atom. The van der Waals surface area contributed by atoms with E-state index >= 15 is 0 Å². The second-order valence-corrected chi connectivity index (χ2v) is 7.15. The molecule has 0 aromatic heterocycles. The van der Waals surface area contributed by atoms with Crippen molar-refractivity contribution in [1.82, 2.24) is 0 Å². The van der Waals surface area contributed by atoms with Crippen molar-refractivity contribution < 1.29 is 5.11 Å². The quantitative estimate of drug-likeness (QED) is 0.479. The predicted molar refractivity (Wildman–Crippen MR) is 109 cm³/mol. The van der Waals surface area contributed by atoms with Crippen LogP contribution in [0.25, 0.3) is 0 Å². The number of hydrogen-bond donors (Lipinski definition) is 1. The first-order valence-electron chi connectivity index (χ1n) is 8.96. The zero-order valence-corrected chi connectivity index (χ0v) is 16.0. The van der Waals surface area contributed by atoms with E-state index in [4.69, 9.17) is 4.99 Å². The molecule has 0 bridgehead atoms. The van der Waals surface area contributed by atoms with E-state index in [1.807, 2.05) is 31.3 Å². The Balaban J connectivity index is 2.60. The third-order valence-electron chi connectivity index (χ3n) is 4.54. The van der Waals surface area contributed by atoms with Gasteiger partial charge in [0.2, 0.25) is 0 Å². The van der Waals surface area contributed by atoms with Gasteiger partial charge in [-0.25, -0.2) is 0 Å². The van der Waals surface area contributed by atoms with Gasteiger partial charge in [0.1, 0.15) is 5.75 Å². The molecule has 0 saturated heterocycles. The van der Waals surface area contributed by atoms with Crippen LogP contribution in [-0.2, 0) is 6.42 Å². The van der Waals surface area contributed by atoms with Crippen molar-refractivity contribution in [3.63, 3.8) is 0 Å². The molecule has 0 fully saturated rings. The van der Waals surface area contributed by atoms with Crippen LogP contribution >= 0.6 is 0 Å². The van der Waals surface area contributed by atoms with Crippen LogP contribution in [0.4, 0.5) is 5.69 Å². The fourth-order valence-corrected chi connectivity index (χ4v) is 3.03. The van der Waals surface area contributed by atoms with Crippen LogP contribution in [0, 0.1) is 6.92 Å². The van der Waals surface area contributed by atoms with Gasteiger partial charge in [0, 0.05) is 11.8 Å². The molecule has 0 spiro atoms. The Hall–Kier alpha value is -2.35. The van der Waals surface area contributed by atoms with Gasteiger partial charge in [-0.3, -0.25) is 4.99 Å². The molecule has 0 aliphatic heterocycles. The van der Waals surface area contributed by atoms with E-state index in [0.29, 0.717) is 24.0 Å². The molecule has 132 valence electrons. The first-order valence-corrected chi connectivity index (χ1v) is 8.96. The molecule has 25 heavy (non-hydrogen) atoms. The Kier molecular flexibility index (Phi) is 6.19. The molecule has 0 unspecified atom stereocenters. The van der Waals surface area contributed by atoms with E-state index in [1.54, 1.807) is 0 Å². The molecule has 1 N–H and O–H groups in total. The summed E-state index contributed by atoms with van der Waals surface area (Å²) in [6.45, 7) is 14.5. The molecule has 2 heteroatoms. The maximum atomic E-state index is 10.5. The lowest BCUT2D eigenvalue weighted by atomic mass is 9.93. The second-order valence-electron chi connectivity index (χ2n) is 7.15. The number of nitrogens with zero attached hydrogens (tertiary/aromatic N) is 1. The van der Waals surface area contributed by atoms with E-state index < -0.39 is 0 Å². The van der Waals surface area contributed by atoms with Crippen LogP contribution in [0.3, 0.4) is 0 Å². The summed E-state index contributed by atoms with van der Waals surface area (Å²) in [6, 6.07) is 10.4. The molecule has 0 saturated carbocycles. The topological polar surface area (TPSA) is 32.6 Å². The molecule has 2 rings (SSSR count). The van der Waals surface area contributed by atoms with Crippen LogP contribution < -0.4 is 0 Å². The van der Waals surface area contributed by atoms with E-state index in [1.165, 1.54) is 11.1 Å². The lowest BCUT2D eigenvalue weighted by Gasteiger charge is -2.16. The standard InChI is InChI=1S/C23H29NO/c1-7-9-18-13-12-17(6)23(25)21(18)14-24-22-19(15(2)3)10-8-11-20(22)16(4)5/h7-8,10-16,25H,1,9H2,2-6H3. The maximum Gasteiger partial charge on any atom is 0.127 e. The fraction of sp³-hybridized carbons (Fsp3) is 0.348. The minimum absolute atomic E-state index is 0.302. The van der Waals surface area contributed by atoms with E-state index in [-0.39, 0.29) is 0 Å². The smallest absolute Gasteiger partial charge is 0.127 e. The molecule has 0 atom stereocenters. The van der Waals surface area contributed by atoms with Gasteiger partial charge >= 0.3 is 0 Å². The van der Waals surface area contributed by atoms with E-state index in [0.717, 1.165) is 22.4 Å². The highest BCUT2D eigenvalue weighted by Gasteiger charge is 2.14. The number of aromatic hydroxyl groups is 1. The van der Waals surface area contributed by atoms with Gasteiger partial charge in [-0.05, 0) is 47.4 Å². The van der Waals surface area contributed by atoms with Crippen molar-refractivity contribution in [1.29, 1.82) is 0 Å².